The molecule has 0 aromatic carbocycles. The van der Waals surface area contributed by atoms with Gasteiger partial charge in [-0.05, 0) is 90.1 Å². The Labute approximate surface area is 335 Å². The Morgan fingerprint density at radius 1 is 0.481 bits per heavy atom. The normalized spacial score (nSPS) is 12.2. The number of carbonyl (C=O) groups is 2. The van der Waals surface area contributed by atoms with Gasteiger partial charge in [0.15, 0.2) is 0 Å². The zero-order valence-electron chi connectivity index (χ0n) is 36.4. The first-order chi connectivity index (χ1) is 26.5. The summed E-state index contributed by atoms with van der Waals surface area (Å²) in [5, 5.41) is 20.0. The lowest BCUT2D eigenvalue weighted by Crippen LogP contribution is -2.34. The molecule has 7 nitrogen and oxygen atoms in total. The maximum Gasteiger partial charge on any atom is 0.306 e. The lowest BCUT2D eigenvalue weighted by atomic mass is 10.0. The fourth-order valence-corrected chi connectivity index (χ4v) is 7.40. The van der Waals surface area contributed by atoms with Gasteiger partial charge in [-0.25, -0.2) is 0 Å². The molecule has 0 aliphatic heterocycles. The molecule has 0 radical (unpaired) electrons. The molecule has 0 aliphatic carbocycles. The van der Waals surface area contributed by atoms with Gasteiger partial charge in [-0.15, -0.1) is 0 Å². The van der Waals surface area contributed by atoms with E-state index in [1.54, 1.807) is 0 Å². The third-order valence-corrected chi connectivity index (χ3v) is 10.9. The van der Waals surface area contributed by atoms with Crippen LogP contribution in [0.2, 0.25) is 0 Å². The summed E-state index contributed by atoms with van der Waals surface area (Å²) in [6.07, 6.45) is 38.2. The van der Waals surface area contributed by atoms with Crippen LogP contribution in [-0.4, -0.2) is 72.1 Å². The van der Waals surface area contributed by atoms with Crippen molar-refractivity contribution in [1.29, 1.82) is 0 Å². The number of hydrogen-bond donors (Lipinski definition) is 2. The zero-order chi connectivity index (χ0) is 39.6. The Morgan fingerprint density at radius 2 is 0.889 bits per heavy atom. The number of esters is 2. The van der Waals surface area contributed by atoms with E-state index >= 15 is 0 Å². The van der Waals surface area contributed by atoms with Crippen molar-refractivity contribution < 1.29 is 29.3 Å². The number of rotatable bonds is 44. The molecule has 0 aromatic heterocycles. The average Bonchev–Trinajstić information content (AvgIpc) is 3.16. The van der Waals surface area contributed by atoms with Crippen LogP contribution in [0.15, 0.2) is 0 Å². The summed E-state index contributed by atoms with van der Waals surface area (Å²) in [6, 6.07) is 0. The Balaban J connectivity index is 4.27. The minimum absolute atomic E-state index is 0.00116. The zero-order valence-corrected chi connectivity index (χ0v) is 36.4. The second-order valence-electron chi connectivity index (χ2n) is 16.4. The van der Waals surface area contributed by atoms with Crippen LogP contribution >= 0.6 is 0 Å². The summed E-state index contributed by atoms with van der Waals surface area (Å²) in [7, 11) is 0. The van der Waals surface area contributed by atoms with Gasteiger partial charge < -0.3 is 24.6 Å². The van der Waals surface area contributed by atoms with Gasteiger partial charge in [0.05, 0.1) is 12.7 Å². The van der Waals surface area contributed by atoms with Gasteiger partial charge in [-0.2, -0.15) is 0 Å². The number of hydrogen-bond acceptors (Lipinski definition) is 7. The van der Waals surface area contributed by atoms with Crippen LogP contribution in [0.3, 0.4) is 0 Å². The molecule has 0 aromatic rings. The van der Waals surface area contributed by atoms with Gasteiger partial charge in [0.25, 0.3) is 0 Å². The van der Waals surface area contributed by atoms with E-state index in [9.17, 15) is 19.8 Å². The van der Waals surface area contributed by atoms with Crippen molar-refractivity contribution in [2.75, 3.05) is 32.8 Å². The number of aliphatic hydroxyl groups is 2. The van der Waals surface area contributed by atoms with Crippen molar-refractivity contribution in [1.82, 2.24) is 4.90 Å². The molecule has 0 fully saturated rings. The molecule has 0 spiro atoms. The highest BCUT2D eigenvalue weighted by atomic mass is 16.5. The molecule has 0 aliphatic rings. The summed E-state index contributed by atoms with van der Waals surface area (Å²) in [5.74, 6) is -0.0829. The standard InChI is InChI=1S/C47H93NO6/c1-4-7-10-13-16-22-33-42-53-46(51)37-29-23-25-34-44(50)43-48(40-31-24-32-41-49)39-30-21-17-20-28-38-47(52)54-45(35-26-18-14-11-8-5-2)36-27-19-15-12-9-6-3/h44-45,49-50H,4-43H2,1-3H3. The predicted octanol–water partition coefficient (Wildman–Crippen LogP) is 12.8. The van der Waals surface area contributed by atoms with E-state index < -0.39 is 0 Å². The van der Waals surface area contributed by atoms with E-state index in [0.29, 0.717) is 26.0 Å². The first kappa shape index (κ1) is 52.8. The fraction of sp³-hybridized carbons (Fsp3) is 0.957. The van der Waals surface area contributed by atoms with Crippen molar-refractivity contribution in [3.63, 3.8) is 0 Å². The summed E-state index contributed by atoms with van der Waals surface area (Å²) in [4.78, 5) is 27.2. The minimum Gasteiger partial charge on any atom is -0.466 e. The van der Waals surface area contributed by atoms with Crippen LogP contribution in [0.5, 0.6) is 0 Å². The third kappa shape index (κ3) is 39.1. The van der Waals surface area contributed by atoms with Gasteiger partial charge in [0.1, 0.15) is 6.10 Å². The van der Waals surface area contributed by atoms with Gasteiger partial charge in [0.2, 0.25) is 0 Å². The number of nitrogens with zero attached hydrogens (tertiary/aromatic N) is 1. The topological polar surface area (TPSA) is 96.3 Å². The Morgan fingerprint density at radius 3 is 1.43 bits per heavy atom. The van der Waals surface area contributed by atoms with Crippen molar-refractivity contribution in [3.05, 3.63) is 0 Å². The number of unbranched alkanes of at least 4 members (excludes halogenated alkanes) is 24. The van der Waals surface area contributed by atoms with E-state index in [0.717, 1.165) is 116 Å². The molecular weight excluding hydrogens is 675 g/mol. The van der Waals surface area contributed by atoms with Gasteiger partial charge in [0, 0.05) is 26.0 Å². The van der Waals surface area contributed by atoms with Crippen LogP contribution in [0.4, 0.5) is 0 Å². The second-order valence-corrected chi connectivity index (χ2v) is 16.4. The van der Waals surface area contributed by atoms with Crippen LogP contribution in [0.25, 0.3) is 0 Å². The molecule has 0 saturated carbocycles. The molecule has 0 heterocycles. The molecule has 1 unspecified atom stereocenters. The van der Waals surface area contributed by atoms with Crippen LogP contribution in [0, 0.1) is 0 Å². The molecule has 0 amide bonds. The van der Waals surface area contributed by atoms with Crippen molar-refractivity contribution in [2.24, 2.45) is 0 Å². The lowest BCUT2D eigenvalue weighted by molar-refractivity contribution is -0.150. The van der Waals surface area contributed by atoms with E-state index in [1.165, 1.54) is 109 Å². The third-order valence-electron chi connectivity index (χ3n) is 10.9. The maximum absolute atomic E-state index is 12.8. The number of carbonyl (C=O) groups excluding carboxylic acids is 2. The molecule has 322 valence electrons. The van der Waals surface area contributed by atoms with Gasteiger partial charge in [-0.3, -0.25) is 9.59 Å². The first-order valence-corrected chi connectivity index (χ1v) is 23.8. The summed E-state index contributed by atoms with van der Waals surface area (Å²) in [5.41, 5.74) is 0. The molecular formula is C47H93NO6. The van der Waals surface area contributed by atoms with Crippen LogP contribution in [0.1, 0.15) is 245 Å². The van der Waals surface area contributed by atoms with Crippen LogP contribution < -0.4 is 0 Å². The average molecular weight is 768 g/mol. The molecule has 7 heteroatoms. The van der Waals surface area contributed by atoms with E-state index in [1.807, 2.05) is 0 Å². The van der Waals surface area contributed by atoms with Crippen molar-refractivity contribution in [3.8, 4) is 0 Å². The Hall–Kier alpha value is -1.18. The molecule has 0 bridgehead atoms. The molecule has 0 rings (SSSR count). The van der Waals surface area contributed by atoms with E-state index in [-0.39, 0.29) is 30.8 Å². The predicted molar refractivity (Wildman–Crippen MR) is 229 cm³/mol. The van der Waals surface area contributed by atoms with E-state index in [2.05, 4.69) is 25.7 Å². The highest BCUT2D eigenvalue weighted by Crippen LogP contribution is 2.19. The fourth-order valence-electron chi connectivity index (χ4n) is 7.40. The molecule has 1 atom stereocenters. The second kappa shape index (κ2) is 43.0. The molecule has 54 heavy (non-hydrogen) atoms. The maximum atomic E-state index is 12.8. The summed E-state index contributed by atoms with van der Waals surface area (Å²) in [6.45, 7) is 10.1. The largest absolute Gasteiger partial charge is 0.466 e. The summed E-state index contributed by atoms with van der Waals surface area (Å²) < 4.78 is 11.4. The SMILES string of the molecule is CCCCCCCCCOC(=O)CCCCCC(O)CN(CCCCCO)CCCCCCCC(=O)OC(CCCCCCCC)CCCCCCCC. The highest BCUT2D eigenvalue weighted by Gasteiger charge is 2.15. The Bertz CT molecular complexity index is 763. The van der Waals surface area contributed by atoms with Crippen LogP contribution in [-0.2, 0) is 19.1 Å². The number of ether oxygens (including phenoxy) is 2. The quantitative estimate of drug-likeness (QED) is 0.0471. The highest BCUT2D eigenvalue weighted by molar-refractivity contribution is 5.69. The number of aliphatic hydroxyl groups excluding tert-OH is 2. The Kier molecular flexibility index (Phi) is 42.0. The van der Waals surface area contributed by atoms with Gasteiger partial charge in [-0.1, -0.05) is 156 Å². The van der Waals surface area contributed by atoms with Crippen molar-refractivity contribution in [2.45, 2.75) is 258 Å². The molecule has 2 N–H and O–H groups in total. The van der Waals surface area contributed by atoms with Gasteiger partial charge >= 0.3 is 11.9 Å². The monoisotopic (exact) mass is 768 g/mol. The first-order valence-electron chi connectivity index (χ1n) is 23.8. The minimum atomic E-state index is -0.357. The smallest absolute Gasteiger partial charge is 0.306 e. The molecule has 0 saturated heterocycles. The van der Waals surface area contributed by atoms with E-state index in [4.69, 9.17) is 9.47 Å². The van der Waals surface area contributed by atoms with Crippen molar-refractivity contribution >= 4 is 11.9 Å². The lowest BCUT2D eigenvalue weighted by Gasteiger charge is -2.25. The summed E-state index contributed by atoms with van der Waals surface area (Å²) >= 11 is 0.